The number of amidine groups is 1. The molecule has 1 aromatic heterocycles. The number of para-hydroxylation sites is 1. The average Bonchev–Trinajstić information content (AvgIpc) is 3.28. The summed E-state index contributed by atoms with van der Waals surface area (Å²) in [7, 11) is -3.99. The summed E-state index contributed by atoms with van der Waals surface area (Å²) in [5.41, 5.74) is 13.6. The van der Waals surface area contributed by atoms with Gasteiger partial charge in [0.05, 0.1) is 21.2 Å². The molecule has 0 unspecified atom stereocenters. The monoisotopic (exact) mass is 522 g/mol. The number of carbonyl (C=O) groups is 1. The number of nitrogens with zero attached hydrogens (tertiary/aromatic N) is 1. The third-order valence-electron chi connectivity index (χ3n) is 5.38. The van der Waals surface area contributed by atoms with Crippen molar-refractivity contribution >= 4 is 49.0 Å². The minimum Gasteiger partial charge on any atom is -0.384 e. The fraction of sp³-hybridized carbons (Fsp3) is 0.160. The highest BCUT2D eigenvalue weighted by molar-refractivity contribution is 7.89. The SMILES string of the molecule is N=C(N)c1cccc(C[C@@H](NS(=O)(=O)c2cccc(NC(=O)CCN)c2)c2nc3ccccc3s2)c1. The molecule has 4 aromatic rings. The Morgan fingerprint density at radius 3 is 2.58 bits per heavy atom. The zero-order chi connectivity index (χ0) is 25.7. The number of nitrogen functional groups attached to an aromatic ring is 1. The van der Waals surface area contributed by atoms with E-state index in [2.05, 4.69) is 15.0 Å². The fourth-order valence-corrected chi connectivity index (χ4v) is 6.01. The molecular weight excluding hydrogens is 496 g/mol. The maximum atomic E-state index is 13.4. The van der Waals surface area contributed by atoms with Gasteiger partial charge in [0.2, 0.25) is 15.9 Å². The molecule has 1 amide bonds. The van der Waals surface area contributed by atoms with E-state index in [9.17, 15) is 13.2 Å². The van der Waals surface area contributed by atoms with Gasteiger partial charge in [-0.1, -0.05) is 36.4 Å². The Morgan fingerprint density at radius 1 is 1.06 bits per heavy atom. The molecule has 36 heavy (non-hydrogen) atoms. The lowest BCUT2D eigenvalue weighted by Gasteiger charge is -2.18. The molecule has 0 saturated carbocycles. The van der Waals surface area contributed by atoms with Gasteiger partial charge in [-0.05, 0) is 48.4 Å². The molecule has 0 saturated heterocycles. The highest BCUT2D eigenvalue weighted by Gasteiger charge is 2.25. The molecule has 0 aliphatic rings. The second kappa shape index (κ2) is 11.0. The van der Waals surface area contributed by atoms with Crippen LogP contribution in [-0.4, -0.2) is 31.7 Å². The van der Waals surface area contributed by atoms with Crippen molar-refractivity contribution in [1.82, 2.24) is 9.71 Å². The molecule has 9 nitrogen and oxygen atoms in total. The zero-order valence-electron chi connectivity index (χ0n) is 19.3. The molecule has 0 aliphatic heterocycles. The number of amides is 1. The van der Waals surface area contributed by atoms with Crippen LogP contribution in [-0.2, 0) is 21.2 Å². The number of hydrogen-bond donors (Lipinski definition) is 5. The molecule has 0 radical (unpaired) electrons. The van der Waals surface area contributed by atoms with Crippen LogP contribution in [0.25, 0.3) is 10.2 Å². The first-order valence-electron chi connectivity index (χ1n) is 11.2. The quantitative estimate of drug-likeness (QED) is 0.159. The van der Waals surface area contributed by atoms with Gasteiger partial charge in [0.1, 0.15) is 10.8 Å². The molecule has 7 N–H and O–H groups in total. The smallest absolute Gasteiger partial charge is 0.241 e. The van der Waals surface area contributed by atoms with Crippen LogP contribution >= 0.6 is 11.3 Å². The molecule has 0 fully saturated rings. The third-order valence-corrected chi connectivity index (χ3v) is 8.00. The zero-order valence-corrected chi connectivity index (χ0v) is 20.9. The fourth-order valence-electron chi connectivity index (χ4n) is 3.67. The van der Waals surface area contributed by atoms with Gasteiger partial charge in [-0.15, -0.1) is 11.3 Å². The number of rotatable bonds is 10. The van der Waals surface area contributed by atoms with E-state index in [-0.39, 0.29) is 29.6 Å². The Bertz CT molecular complexity index is 1480. The van der Waals surface area contributed by atoms with E-state index in [1.165, 1.54) is 23.5 Å². The van der Waals surface area contributed by atoms with Crippen LogP contribution in [0.4, 0.5) is 5.69 Å². The molecule has 4 rings (SSSR count). The second-order valence-corrected chi connectivity index (χ2v) is 10.9. The summed E-state index contributed by atoms with van der Waals surface area (Å²) in [6.07, 6.45) is 0.432. The van der Waals surface area contributed by atoms with Crippen molar-refractivity contribution < 1.29 is 13.2 Å². The van der Waals surface area contributed by atoms with Crippen molar-refractivity contribution in [2.24, 2.45) is 11.5 Å². The number of fused-ring (bicyclic) bond motifs is 1. The number of anilines is 1. The maximum absolute atomic E-state index is 13.4. The van der Waals surface area contributed by atoms with Crippen LogP contribution in [0.5, 0.6) is 0 Å². The first kappa shape index (κ1) is 25.5. The summed E-state index contributed by atoms with van der Waals surface area (Å²) in [4.78, 5) is 16.6. The van der Waals surface area contributed by atoms with E-state index in [0.29, 0.717) is 22.7 Å². The van der Waals surface area contributed by atoms with Gasteiger partial charge in [0.25, 0.3) is 0 Å². The molecule has 0 bridgehead atoms. The van der Waals surface area contributed by atoms with Crippen LogP contribution in [0.15, 0.2) is 77.7 Å². The molecule has 1 atom stereocenters. The predicted octanol–water partition coefficient (Wildman–Crippen LogP) is 3.13. The van der Waals surface area contributed by atoms with Gasteiger partial charge >= 0.3 is 0 Å². The van der Waals surface area contributed by atoms with E-state index in [1.54, 1.807) is 30.3 Å². The summed E-state index contributed by atoms with van der Waals surface area (Å²) in [6, 6.07) is 20.1. The van der Waals surface area contributed by atoms with Crippen molar-refractivity contribution in [3.8, 4) is 0 Å². The van der Waals surface area contributed by atoms with Crippen LogP contribution < -0.4 is 21.5 Å². The minimum absolute atomic E-state index is 0.0108. The Balaban J connectivity index is 1.67. The number of thiazole rings is 1. The van der Waals surface area contributed by atoms with Gasteiger partial charge in [-0.25, -0.2) is 18.1 Å². The van der Waals surface area contributed by atoms with Gasteiger partial charge in [0.15, 0.2) is 0 Å². The Morgan fingerprint density at radius 2 is 1.83 bits per heavy atom. The van der Waals surface area contributed by atoms with E-state index in [0.717, 1.165) is 15.8 Å². The van der Waals surface area contributed by atoms with Crippen LogP contribution in [0.1, 0.15) is 28.6 Å². The molecule has 186 valence electrons. The summed E-state index contributed by atoms with van der Waals surface area (Å²) in [5.74, 6) is -0.361. The largest absolute Gasteiger partial charge is 0.384 e. The Hall–Kier alpha value is -3.64. The molecular formula is C25H26N6O3S2. The number of nitrogens with two attached hydrogens (primary N) is 2. The van der Waals surface area contributed by atoms with Gasteiger partial charge in [0, 0.05) is 24.2 Å². The van der Waals surface area contributed by atoms with Crippen molar-refractivity contribution in [2.45, 2.75) is 23.8 Å². The highest BCUT2D eigenvalue weighted by Crippen LogP contribution is 2.30. The topological polar surface area (TPSA) is 164 Å². The average molecular weight is 523 g/mol. The number of hydrogen-bond acceptors (Lipinski definition) is 7. The number of benzene rings is 3. The Labute approximate surface area is 213 Å². The molecule has 3 aromatic carbocycles. The van der Waals surface area contributed by atoms with Crippen molar-refractivity contribution in [3.63, 3.8) is 0 Å². The third kappa shape index (κ3) is 6.13. The summed E-state index contributed by atoms with van der Waals surface area (Å²) in [5, 5.41) is 11.0. The summed E-state index contributed by atoms with van der Waals surface area (Å²) < 4.78 is 30.6. The number of sulfonamides is 1. The first-order valence-corrected chi connectivity index (χ1v) is 13.5. The number of carbonyl (C=O) groups excluding carboxylic acids is 1. The van der Waals surface area contributed by atoms with E-state index >= 15 is 0 Å². The van der Waals surface area contributed by atoms with E-state index in [4.69, 9.17) is 16.9 Å². The molecule has 11 heteroatoms. The minimum atomic E-state index is -3.99. The van der Waals surface area contributed by atoms with Crippen molar-refractivity contribution in [3.05, 3.63) is 88.9 Å². The van der Waals surface area contributed by atoms with Gasteiger partial charge in [-0.3, -0.25) is 10.2 Å². The molecule has 0 aliphatic carbocycles. The number of aromatic nitrogens is 1. The Kier molecular flexibility index (Phi) is 7.75. The summed E-state index contributed by atoms with van der Waals surface area (Å²) in [6.45, 7) is 0.194. The predicted molar refractivity (Wildman–Crippen MR) is 143 cm³/mol. The van der Waals surface area contributed by atoms with Crippen LogP contribution in [0.3, 0.4) is 0 Å². The van der Waals surface area contributed by atoms with Crippen molar-refractivity contribution in [2.75, 3.05) is 11.9 Å². The normalized spacial score (nSPS) is 12.4. The number of nitrogens with one attached hydrogen (secondary N) is 3. The maximum Gasteiger partial charge on any atom is 0.241 e. The van der Waals surface area contributed by atoms with Crippen molar-refractivity contribution in [1.29, 1.82) is 5.41 Å². The highest BCUT2D eigenvalue weighted by atomic mass is 32.2. The van der Waals surface area contributed by atoms with E-state index in [1.807, 2.05) is 30.3 Å². The lowest BCUT2D eigenvalue weighted by Crippen LogP contribution is -2.30. The molecule has 1 heterocycles. The van der Waals surface area contributed by atoms with Gasteiger partial charge < -0.3 is 16.8 Å². The van der Waals surface area contributed by atoms with E-state index < -0.39 is 16.1 Å². The summed E-state index contributed by atoms with van der Waals surface area (Å²) >= 11 is 1.41. The van der Waals surface area contributed by atoms with Gasteiger partial charge in [-0.2, -0.15) is 0 Å². The lowest BCUT2D eigenvalue weighted by molar-refractivity contribution is -0.116. The van der Waals surface area contributed by atoms with Crippen LogP contribution in [0, 0.1) is 5.41 Å². The second-order valence-electron chi connectivity index (χ2n) is 8.13. The standard InChI is InChI=1S/C25H26N6O3S2/c26-12-11-23(32)29-18-7-4-8-19(15-18)36(33,34)31-21(14-16-5-3-6-17(13-16)24(27)28)25-30-20-9-1-2-10-22(20)35-25/h1-10,13,15,21,31H,11-12,14,26H2,(H3,27,28)(H,29,32)/t21-/m1/s1. The van der Waals surface area contributed by atoms with Crippen LogP contribution in [0.2, 0.25) is 0 Å². The first-order chi connectivity index (χ1) is 17.2. The lowest BCUT2D eigenvalue weighted by atomic mass is 10.0. The molecule has 0 spiro atoms.